The van der Waals surface area contributed by atoms with E-state index in [4.69, 9.17) is 0 Å². The second-order valence-electron chi connectivity index (χ2n) is 3.92. The van der Waals surface area contributed by atoms with Crippen LogP contribution in [-0.2, 0) is 4.79 Å². The van der Waals surface area contributed by atoms with E-state index in [0.717, 1.165) is 0 Å². The number of benzene rings is 1. The fourth-order valence-corrected chi connectivity index (χ4v) is 1.67. The van der Waals surface area contributed by atoms with E-state index >= 15 is 0 Å². The number of phenols is 2. The Morgan fingerprint density at radius 2 is 1.67 bits per heavy atom. The lowest BCUT2D eigenvalue weighted by Gasteiger charge is -2.12. The van der Waals surface area contributed by atoms with Crippen LogP contribution in [0.5, 0.6) is 11.5 Å². The number of aliphatic carboxylic acids is 1. The fraction of sp³-hybridized carbons (Fsp3) is 0.231. The monoisotopic (exact) mass is 249 g/mol. The highest BCUT2D eigenvalue weighted by atomic mass is 16.4. The Balaban J connectivity index is 3.55. The van der Waals surface area contributed by atoms with E-state index in [1.165, 1.54) is 25.2 Å². The second kappa shape index (κ2) is 5.35. The van der Waals surface area contributed by atoms with E-state index in [2.05, 4.69) is 4.99 Å². The molecule has 1 aromatic carbocycles. The van der Waals surface area contributed by atoms with E-state index in [0.29, 0.717) is 5.57 Å². The highest BCUT2D eigenvalue weighted by molar-refractivity contribution is 6.28. The van der Waals surface area contributed by atoms with Crippen molar-refractivity contribution in [3.05, 3.63) is 34.9 Å². The third-order valence-electron chi connectivity index (χ3n) is 2.43. The molecule has 0 saturated carbocycles. The molecule has 0 bridgehead atoms. The first-order valence-electron chi connectivity index (χ1n) is 5.29. The summed E-state index contributed by atoms with van der Waals surface area (Å²) in [5.74, 6) is -1.58. The number of carboxylic acid groups (broad SMARTS) is 1. The quantitative estimate of drug-likeness (QED) is 0.564. The van der Waals surface area contributed by atoms with Gasteiger partial charge in [-0.15, -0.1) is 0 Å². The zero-order chi connectivity index (χ0) is 13.9. The Morgan fingerprint density at radius 3 is 2.00 bits per heavy atom. The van der Waals surface area contributed by atoms with E-state index < -0.39 is 5.97 Å². The van der Waals surface area contributed by atoms with Gasteiger partial charge in [0.05, 0.1) is 16.8 Å². The molecule has 0 spiro atoms. The van der Waals surface area contributed by atoms with Crippen molar-refractivity contribution < 1.29 is 20.1 Å². The molecule has 0 heterocycles. The van der Waals surface area contributed by atoms with Crippen LogP contribution in [0.25, 0.3) is 0 Å². The molecule has 0 fully saturated rings. The fourth-order valence-electron chi connectivity index (χ4n) is 1.67. The average Bonchev–Trinajstić information content (AvgIpc) is 2.25. The summed E-state index contributed by atoms with van der Waals surface area (Å²) in [4.78, 5) is 15.1. The first-order chi connectivity index (χ1) is 8.40. The molecular formula is C13H15NO4. The van der Waals surface area contributed by atoms with Crippen LogP contribution in [0.4, 0.5) is 0 Å². The van der Waals surface area contributed by atoms with Crippen LogP contribution in [0.3, 0.4) is 0 Å². The minimum absolute atomic E-state index is 0.0265. The van der Waals surface area contributed by atoms with Crippen molar-refractivity contribution in [2.75, 3.05) is 7.05 Å². The Morgan fingerprint density at radius 1 is 1.17 bits per heavy atom. The molecule has 3 N–H and O–H groups in total. The van der Waals surface area contributed by atoms with Crippen molar-refractivity contribution in [1.29, 1.82) is 0 Å². The van der Waals surface area contributed by atoms with E-state index in [1.54, 1.807) is 13.8 Å². The number of rotatable bonds is 3. The highest BCUT2D eigenvalue weighted by Gasteiger charge is 2.23. The predicted molar refractivity (Wildman–Crippen MR) is 68.2 cm³/mol. The standard InChI is InChI=1S/C13H15NO4/c1-7(2)10(13(17)18)12(14-3)11-8(15)5-4-6-9(11)16/h4-6,15-16H,1-3H3,(H,17,18). The number of carboxylic acids is 1. The number of phenolic OH excluding ortho intramolecular Hbond substituents is 2. The minimum atomic E-state index is -1.15. The number of aliphatic imine (C=N–C) groups is 1. The third kappa shape index (κ3) is 2.51. The molecule has 1 aromatic rings. The van der Waals surface area contributed by atoms with Crippen LogP contribution in [0.1, 0.15) is 19.4 Å². The van der Waals surface area contributed by atoms with Gasteiger partial charge in [-0.3, -0.25) is 4.99 Å². The van der Waals surface area contributed by atoms with Crippen LogP contribution in [0.2, 0.25) is 0 Å². The summed E-state index contributed by atoms with van der Waals surface area (Å²) in [5, 5.41) is 28.7. The van der Waals surface area contributed by atoms with Crippen LogP contribution in [-0.4, -0.2) is 34.0 Å². The van der Waals surface area contributed by atoms with Crippen molar-refractivity contribution in [3.63, 3.8) is 0 Å². The molecule has 0 saturated heterocycles. The summed E-state index contributed by atoms with van der Waals surface area (Å²) in [5.41, 5.74) is 0.580. The maximum Gasteiger partial charge on any atom is 0.337 e. The van der Waals surface area contributed by atoms with E-state index in [9.17, 15) is 20.1 Å². The normalized spacial score (nSPS) is 11.2. The summed E-state index contributed by atoms with van der Waals surface area (Å²) >= 11 is 0. The number of nitrogens with zero attached hydrogens (tertiary/aromatic N) is 1. The van der Waals surface area contributed by atoms with E-state index in [1.807, 2.05) is 0 Å². The average molecular weight is 249 g/mol. The van der Waals surface area contributed by atoms with Gasteiger partial charge in [0.15, 0.2) is 0 Å². The lowest BCUT2D eigenvalue weighted by Crippen LogP contribution is -2.15. The zero-order valence-corrected chi connectivity index (χ0v) is 10.4. The van der Waals surface area contributed by atoms with Crippen LogP contribution in [0.15, 0.2) is 34.3 Å². The molecule has 0 aliphatic carbocycles. The summed E-state index contributed by atoms with van der Waals surface area (Å²) in [6.07, 6.45) is 0. The number of hydrogen-bond acceptors (Lipinski definition) is 4. The summed E-state index contributed by atoms with van der Waals surface area (Å²) < 4.78 is 0. The topological polar surface area (TPSA) is 90.1 Å². The predicted octanol–water partition coefficient (Wildman–Crippen LogP) is 1.94. The largest absolute Gasteiger partial charge is 0.507 e. The van der Waals surface area contributed by atoms with Gasteiger partial charge in [0.1, 0.15) is 11.5 Å². The molecule has 18 heavy (non-hydrogen) atoms. The lowest BCUT2D eigenvalue weighted by molar-refractivity contribution is -0.132. The van der Waals surface area contributed by atoms with Crippen molar-refractivity contribution in [2.45, 2.75) is 13.8 Å². The molecule has 0 aliphatic rings. The van der Waals surface area contributed by atoms with Crippen molar-refractivity contribution in [1.82, 2.24) is 0 Å². The maximum atomic E-state index is 11.2. The van der Waals surface area contributed by atoms with Crippen molar-refractivity contribution in [3.8, 4) is 11.5 Å². The van der Waals surface area contributed by atoms with Gasteiger partial charge < -0.3 is 15.3 Å². The summed E-state index contributed by atoms with van der Waals surface area (Å²) in [6, 6.07) is 4.19. The van der Waals surface area contributed by atoms with Gasteiger partial charge >= 0.3 is 5.97 Å². The first kappa shape index (κ1) is 13.8. The molecule has 96 valence electrons. The summed E-state index contributed by atoms with van der Waals surface area (Å²) in [7, 11) is 1.41. The Kier molecular flexibility index (Phi) is 4.09. The van der Waals surface area contributed by atoms with Crippen LogP contribution in [0, 0.1) is 0 Å². The number of carbonyl (C=O) groups is 1. The van der Waals surface area contributed by atoms with Gasteiger partial charge in [-0.1, -0.05) is 11.6 Å². The van der Waals surface area contributed by atoms with Gasteiger partial charge in [-0.25, -0.2) is 4.79 Å². The number of aromatic hydroxyl groups is 2. The maximum absolute atomic E-state index is 11.2. The molecule has 0 aromatic heterocycles. The van der Waals surface area contributed by atoms with Crippen LogP contribution < -0.4 is 0 Å². The third-order valence-corrected chi connectivity index (χ3v) is 2.43. The zero-order valence-electron chi connectivity index (χ0n) is 10.4. The molecule has 1 rings (SSSR count). The number of allylic oxidation sites excluding steroid dienone is 1. The smallest absolute Gasteiger partial charge is 0.337 e. The molecular weight excluding hydrogens is 234 g/mol. The van der Waals surface area contributed by atoms with Crippen LogP contribution >= 0.6 is 0 Å². The molecule has 5 nitrogen and oxygen atoms in total. The van der Waals surface area contributed by atoms with Crippen molar-refractivity contribution in [2.24, 2.45) is 4.99 Å². The van der Waals surface area contributed by atoms with Gasteiger partial charge in [0.2, 0.25) is 0 Å². The summed E-state index contributed by atoms with van der Waals surface area (Å²) in [6.45, 7) is 3.26. The molecule has 0 amide bonds. The van der Waals surface area contributed by atoms with Gasteiger partial charge in [-0.2, -0.15) is 0 Å². The van der Waals surface area contributed by atoms with Gasteiger partial charge in [0, 0.05) is 7.05 Å². The SMILES string of the molecule is CN=C(C(C(=O)O)=C(C)C)c1c(O)cccc1O. The second-order valence-corrected chi connectivity index (χ2v) is 3.92. The van der Waals surface area contributed by atoms with Crippen molar-refractivity contribution >= 4 is 11.7 Å². The molecule has 0 radical (unpaired) electrons. The number of hydrogen-bond donors (Lipinski definition) is 3. The minimum Gasteiger partial charge on any atom is -0.507 e. The molecule has 5 heteroatoms. The van der Waals surface area contributed by atoms with Gasteiger partial charge in [-0.05, 0) is 26.0 Å². The lowest BCUT2D eigenvalue weighted by atomic mass is 9.97. The Bertz CT molecular complexity index is 520. The molecule has 0 unspecified atom stereocenters. The highest BCUT2D eigenvalue weighted by Crippen LogP contribution is 2.30. The van der Waals surface area contributed by atoms with E-state index in [-0.39, 0.29) is 28.3 Å². The van der Waals surface area contributed by atoms with Gasteiger partial charge in [0.25, 0.3) is 0 Å². The molecule has 0 atom stereocenters. The molecule has 0 aliphatic heterocycles. The Labute approximate surface area is 105 Å². The Hall–Kier alpha value is -2.30. The first-order valence-corrected chi connectivity index (χ1v) is 5.29.